The highest BCUT2D eigenvalue weighted by Gasteiger charge is 2.17. The fourth-order valence-corrected chi connectivity index (χ4v) is 3.26. The summed E-state index contributed by atoms with van der Waals surface area (Å²) in [6.07, 6.45) is 3.31. The van der Waals surface area contributed by atoms with E-state index < -0.39 is 5.97 Å². The Labute approximate surface area is 172 Å². The van der Waals surface area contributed by atoms with Crippen molar-refractivity contribution in [3.63, 3.8) is 0 Å². The van der Waals surface area contributed by atoms with Crippen LogP contribution in [0.15, 0.2) is 48.5 Å². The Balaban J connectivity index is 1.86. The second-order valence-electron chi connectivity index (χ2n) is 7.30. The molecule has 0 radical (unpaired) electrons. The number of nitrogens with zero attached hydrogens (tertiary/aromatic N) is 2. The van der Waals surface area contributed by atoms with Gasteiger partial charge in [0.2, 0.25) is 5.88 Å². The van der Waals surface area contributed by atoms with Crippen molar-refractivity contribution in [2.45, 2.75) is 46.6 Å². The summed E-state index contributed by atoms with van der Waals surface area (Å²) in [5.41, 5.74) is 5.53. The van der Waals surface area contributed by atoms with E-state index >= 15 is 0 Å². The lowest BCUT2D eigenvalue weighted by Gasteiger charge is -2.11. The minimum atomic E-state index is -0.401. The molecule has 0 fully saturated rings. The maximum Gasteiger partial charge on any atom is 0.344 e. The Morgan fingerprint density at radius 3 is 2.48 bits per heavy atom. The quantitative estimate of drug-likeness (QED) is 0.495. The molecule has 0 aliphatic rings. The van der Waals surface area contributed by atoms with Gasteiger partial charge >= 0.3 is 5.97 Å². The predicted molar refractivity (Wildman–Crippen MR) is 114 cm³/mol. The largest absolute Gasteiger partial charge is 0.404 e. The zero-order valence-corrected chi connectivity index (χ0v) is 17.6. The van der Waals surface area contributed by atoms with Crippen molar-refractivity contribution in [3.05, 3.63) is 76.5 Å². The smallest absolute Gasteiger partial charge is 0.344 e. The predicted octanol–water partition coefficient (Wildman–Crippen LogP) is 5.20. The van der Waals surface area contributed by atoms with Gasteiger partial charge in [-0.3, -0.25) is 0 Å². The average molecular weight is 392 g/mol. The number of esters is 1. The van der Waals surface area contributed by atoms with Crippen molar-refractivity contribution >= 4 is 5.97 Å². The number of carbonyl (C=O) groups is 1. The van der Waals surface area contributed by atoms with Crippen LogP contribution in [0, 0.1) is 13.8 Å². The van der Waals surface area contributed by atoms with Crippen LogP contribution in [-0.2, 0) is 17.8 Å². The molecule has 152 valence electrons. The van der Waals surface area contributed by atoms with Crippen LogP contribution in [0.25, 0.3) is 5.69 Å². The number of ether oxygens (including phenoxy) is 2. The second-order valence-corrected chi connectivity index (χ2v) is 7.30. The number of carbonyl (C=O) groups excluding carboxylic acids is 1. The summed E-state index contributed by atoms with van der Waals surface area (Å²) in [4.78, 5) is 12.7. The summed E-state index contributed by atoms with van der Waals surface area (Å²) in [7, 11) is 1.61. The zero-order valence-electron chi connectivity index (χ0n) is 17.6. The van der Waals surface area contributed by atoms with Crippen LogP contribution in [0.1, 0.15) is 52.5 Å². The number of unbranched alkanes of at least 4 members (excludes halogenated alkanes) is 1. The number of hydrogen-bond donors (Lipinski definition) is 0. The summed E-state index contributed by atoms with van der Waals surface area (Å²) >= 11 is 0. The van der Waals surface area contributed by atoms with Crippen molar-refractivity contribution in [1.29, 1.82) is 0 Å². The maximum atomic E-state index is 12.7. The van der Waals surface area contributed by atoms with Gasteiger partial charge in [0.25, 0.3) is 0 Å². The molecule has 0 atom stereocenters. The third kappa shape index (κ3) is 5.12. The minimum Gasteiger partial charge on any atom is -0.404 e. The van der Waals surface area contributed by atoms with E-state index in [0.29, 0.717) is 23.7 Å². The number of rotatable bonds is 8. The molecule has 1 heterocycles. The van der Waals surface area contributed by atoms with E-state index in [4.69, 9.17) is 9.47 Å². The van der Waals surface area contributed by atoms with E-state index in [-0.39, 0.29) is 0 Å². The molecule has 0 N–H and O–H groups in total. The van der Waals surface area contributed by atoms with Crippen molar-refractivity contribution < 1.29 is 14.3 Å². The van der Waals surface area contributed by atoms with Crippen molar-refractivity contribution in [1.82, 2.24) is 9.78 Å². The molecular weight excluding hydrogens is 364 g/mol. The molecule has 0 spiro atoms. The molecule has 3 rings (SSSR count). The highest BCUT2D eigenvalue weighted by molar-refractivity contribution is 5.91. The summed E-state index contributed by atoms with van der Waals surface area (Å²) < 4.78 is 12.6. The molecule has 0 aliphatic carbocycles. The van der Waals surface area contributed by atoms with Gasteiger partial charge in [-0.1, -0.05) is 43.2 Å². The van der Waals surface area contributed by atoms with Gasteiger partial charge in [-0.05, 0) is 56.0 Å². The summed E-state index contributed by atoms with van der Waals surface area (Å²) in [6.45, 7) is 6.57. The van der Waals surface area contributed by atoms with Crippen molar-refractivity contribution in [2.24, 2.45) is 0 Å². The Hall–Kier alpha value is -2.92. The van der Waals surface area contributed by atoms with Crippen LogP contribution in [0.2, 0.25) is 0 Å². The molecule has 5 nitrogen and oxygen atoms in total. The average Bonchev–Trinajstić information content (AvgIpc) is 3.09. The number of benzene rings is 2. The monoisotopic (exact) mass is 392 g/mol. The van der Waals surface area contributed by atoms with Gasteiger partial charge in [0.1, 0.15) is 0 Å². The fraction of sp³-hybridized carbons (Fsp3) is 0.333. The molecule has 2 aromatic carbocycles. The number of aromatic nitrogens is 2. The van der Waals surface area contributed by atoms with Crippen LogP contribution in [-0.4, -0.2) is 22.9 Å². The normalized spacial score (nSPS) is 10.9. The van der Waals surface area contributed by atoms with Gasteiger partial charge in [0, 0.05) is 13.2 Å². The SMILES string of the molecule is CCCCc1ccc(C(=O)Oc2cc(COC)nn2-c2ccc(C)cc2C)cc1. The number of hydrogen-bond acceptors (Lipinski definition) is 4. The van der Waals surface area contributed by atoms with E-state index in [1.165, 1.54) is 5.56 Å². The molecule has 1 aromatic heterocycles. The highest BCUT2D eigenvalue weighted by Crippen LogP contribution is 2.24. The molecule has 29 heavy (non-hydrogen) atoms. The first kappa shape index (κ1) is 20.8. The van der Waals surface area contributed by atoms with Gasteiger partial charge < -0.3 is 9.47 Å². The van der Waals surface area contributed by atoms with Crippen LogP contribution < -0.4 is 4.74 Å². The first-order chi connectivity index (χ1) is 14.0. The van der Waals surface area contributed by atoms with Crippen molar-refractivity contribution in [3.8, 4) is 11.6 Å². The van der Waals surface area contributed by atoms with Crippen LogP contribution in [0.3, 0.4) is 0 Å². The lowest BCUT2D eigenvalue weighted by atomic mass is 10.1. The van der Waals surface area contributed by atoms with Gasteiger partial charge in [-0.2, -0.15) is 9.78 Å². The summed E-state index contributed by atoms with van der Waals surface area (Å²) in [6, 6.07) is 15.4. The Morgan fingerprint density at radius 1 is 1.07 bits per heavy atom. The Morgan fingerprint density at radius 2 is 1.83 bits per heavy atom. The number of methoxy groups -OCH3 is 1. The van der Waals surface area contributed by atoms with E-state index in [1.54, 1.807) is 17.9 Å². The van der Waals surface area contributed by atoms with Gasteiger partial charge in [0.15, 0.2) is 0 Å². The molecule has 0 saturated heterocycles. The van der Waals surface area contributed by atoms with E-state index in [1.807, 2.05) is 50.2 Å². The van der Waals surface area contributed by atoms with E-state index in [0.717, 1.165) is 36.1 Å². The van der Waals surface area contributed by atoms with E-state index in [9.17, 15) is 4.79 Å². The van der Waals surface area contributed by atoms with Crippen molar-refractivity contribution in [2.75, 3.05) is 7.11 Å². The third-order valence-electron chi connectivity index (χ3n) is 4.81. The molecule has 5 heteroatoms. The Kier molecular flexibility index (Phi) is 6.83. The van der Waals surface area contributed by atoms with E-state index in [2.05, 4.69) is 18.1 Å². The van der Waals surface area contributed by atoms with Crippen LogP contribution in [0.5, 0.6) is 5.88 Å². The van der Waals surface area contributed by atoms with Crippen LogP contribution >= 0.6 is 0 Å². The maximum absolute atomic E-state index is 12.7. The van der Waals surface area contributed by atoms with Gasteiger partial charge in [-0.25, -0.2) is 4.79 Å². The highest BCUT2D eigenvalue weighted by atomic mass is 16.5. The molecule has 0 amide bonds. The zero-order chi connectivity index (χ0) is 20.8. The second kappa shape index (κ2) is 9.52. The summed E-state index contributed by atoms with van der Waals surface area (Å²) in [5.74, 6) is -0.0222. The molecular formula is C24H28N2O3. The van der Waals surface area contributed by atoms with Crippen LogP contribution in [0.4, 0.5) is 0 Å². The van der Waals surface area contributed by atoms with Gasteiger partial charge in [-0.15, -0.1) is 0 Å². The lowest BCUT2D eigenvalue weighted by molar-refractivity contribution is 0.0723. The standard InChI is InChI=1S/C24H28N2O3/c1-5-6-7-19-9-11-20(12-10-19)24(27)29-23-15-21(16-28-4)25-26(23)22-13-8-17(2)14-18(22)3/h8-15H,5-7,16H2,1-4H3. The fourth-order valence-electron chi connectivity index (χ4n) is 3.26. The first-order valence-electron chi connectivity index (χ1n) is 9.98. The molecule has 0 unspecified atom stereocenters. The number of aryl methyl sites for hydroxylation is 3. The minimum absolute atomic E-state index is 0.342. The first-order valence-corrected chi connectivity index (χ1v) is 9.98. The lowest BCUT2D eigenvalue weighted by Crippen LogP contribution is -2.12. The molecule has 0 bridgehead atoms. The molecule has 0 aliphatic heterocycles. The third-order valence-corrected chi connectivity index (χ3v) is 4.81. The van der Waals surface area contributed by atoms with Gasteiger partial charge in [0.05, 0.1) is 23.6 Å². The molecule has 3 aromatic rings. The summed E-state index contributed by atoms with van der Waals surface area (Å²) in [5, 5.41) is 4.57. The molecule has 0 saturated carbocycles. The topological polar surface area (TPSA) is 53.4 Å². The Bertz CT molecular complexity index is 974.